The fourth-order valence-corrected chi connectivity index (χ4v) is 2.77. The maximum absolute atomic E-state index is 6.00. The highest BCUT2D eigenvalue weighted by Crippen LogP contribution is 2.26. The maximum Gasteiger partial charge on any atom is 0.199 e. The molecule has 3 heterocycles. The molecule has 0 spiro atoms. The summed E-state index contributed by atoms with van der Waals surface area (Å²) in [6.07, 6.45) is 3.57. The first-order chi connectivity index (χ1) is 9.09. The normalized spacial score (nSPS) is 22.9. The van der Waals surface area contributed by atoms with E-state index in [9.17, 15) is 0 Å². The van der Waals surface area contributed by atoms with Gasteiger partial charge in [0.2, 0.25) is 0 Å². The molecule has 19 heavy (non-hydrogen) atoms. The number of halogens is 1. The predicted octanol–water partition coefficient (Wildman–Crippen LogP) is 0.898. The molecule has 0 saturated carbocycles. The van der Waals surface area contributed by atoms with Gasteiger partial charge in [-0.05, 0) is 24.3 Å². The van der Waals surface area contributed by atoms with E-state index in [4.69, 9.17) is 4.74 Å². The minimum Gasteiger partial charge on any atom is -0.368 e. The van der Waals surface area contributed by atoms with Crippen LogP contribution in [-0.4, -0.2) is 55.1 Å². The minimum absolute atomic E-state index is 0.135. The fourth-order valence-electron chi connectivity index (χ4n) is 2.43. The van der Waals surface area contributed by atoms with Crippen molar-refractivity contribution in [2.75, 3.05) is 23.3 Å². The van der Waals surface area contributed by atoms with E-state index >= 15 is 0 Å². The molecule has 0 aromatic carbocycles. The molecule has 0 radical (unpaired) electrons. The van der Waals surface area contributed by atoms with Crippen molar-refractivity contribution in [1.82, 2.24) is 25.0 Å². The molecule has 1 atom stereocenters. The van der Waals surface area contributed by atoms with Gasteiger partial charge < -0.3 is 9.64 Å². The summed E-state index contributed by atoms with van der Waals surface area (Å²) < 4.78 is 7.71. The van der Waals surface area contributed by atoms with Crippen molar-refractivity contribution in [3.05, 3.63) is 12.4 Å². The molecule has 7 nitrogen and oxygen atoms in total. The smallest absolute Gasteiger partial charge is 0.199 e. The number of fused-ring (bicyclic) bond motifs is 1. The molecular formula is C11H15BrN6O. The van der Waals surface area contributed by atoms with Gasteiger partial charge >= 0.3 is 0 Å². The summed E-state index contributed by atoms with van der Waals surface area (Å²) in [4.78, 5) is 6.42. The average molecular weight is 327 g/mol. The van der Waals surface area contributed by atoms with Crippen molar-refractivity contribution >= 4 is 27.4 Å². The van der Waals surface area contributed by atoms with Crippen LogP contribution in [0.15, 0.2) is 12.4 Å². The Morgan fingerprint density at radius 2 is 2.32 bits per heavy atom. The van der Waals surface area contributed by atoms with Gasteiger partial charge in [0, 0.05) is 18.4 Å². The summed E-state index contributed by atoms with van der Waals surface area (Å²) in [7, 11) is 0. The molecule has 0 N–H and O–H groups in total. The molecule has 1 unspecified atom stereocenters. The molecule has 2 aromatic rings. The van der Waals surface area contributed by atoms with Crippen molar-refractivity contribution < 1.29 is 4.74 Å². The minimum atomic E-state index is -0.215. The Bertz CT molecular complexity index is 585. The second kappa shape index (κ2) is 4.68. The Hall–Kier alpha value is -1.28. The summed E-state index contributed by atoms with van der Waals surface area (Å²) in [6, 6.07) is 0. The van der Waals surface area contributed by atoms with Crippen LogP contribution in [0.3, 0.4) is 0 Å². The first-order valence-corrected chi connectivity index (χ1v) is 7.22. The van der Waals surface area contributed by atoms with Gasteiger partial charge in [0.05, 0.1) is 24.1 Å². The van der Waals surface area contributed by atoms with Gasteiger partial charge in [0.1, 0.15) is 0 Å². The molecule has 102 valence electrons. The van der Waals surface area contributed by atoms with Gasteiger partial charge in [0.25, 0.3) is 0 Å². The second-order valence-corrected chi connectivity index (χ2v) is 5.90. The molecule has 3 rings (SSSR count). The van der Waals surface area contributed by atoms with Crippen LogP contribution in [0.25, 0.3) is 5.65 Å². The van der Waals surface area contributed by atoms with Crippen molar-refractivity contribution in [3.63, 3.8) is 0 Å². The summed E-state index contributed by atoms with van der Waals surface area (Å²) in [5, 5.41) is 12.4. The zero-order valence-corrected chi connectivity index (χ0v) is 12.4. The van der Waals surface area contributed by atoms with E-state index < -0.39 is 0 Å². The van der Waals surface area contributed by atoms with Crippen molar-refractivity contribution in [2.24, 2.45) is 0 Å². The van der Waals surface area contributed by atoms with E-state index in [1.54, 1.807) is 16.9 Å². The van der Waals surface area contributed by atoms with Gasteiger partial charge in [-0.1, -0.05) is 15.9 Å². The summed E-state index contributed by atoms with van der Waals surface area (Å²) in [6.45, 7) is 5.73. The standard InChI is InChI=1S/C11H15BrN6O/c1-11(2)7-17(6-8(3-12)19-11)10-5-13-4-9-14-15-16-18(9)10/h4-5,8H,3,6-7H2,1-2H3. The molecule has 0 bridgehead atoms. The Kier molecular flexibility index (Phi) is 3.14. The van der Waals surface area contributed by atoms with Crippen LogP contribution >= 0.6 is 15.9 Å². The number of nitrogens with zero attached hydrogens (tertiary/aromatic N) is 6. The van der Waals surface area contributed by atoms with Crippen LogP contribution in [0.2, 0.25) is 0 Å². The Morgan fingerprint density at radius 3 is 3.11 bits per heavy atom. The van der Waals surface area contributed by atoms with Gasteiger partial charge in [-0.2, -0.15) is 4.52 Å². The lowest BCUT2D eigenvalue weighted by molar-refractivity contribution is -0.0727. The largest absolute Gasteiger partial charge is 0.368 e. The maximum atomic E-state index is 6.00. The molecule has 0 aliphatic carbocycles. The number of rotatable bonds is 2. The first-order valence-electron chi connectivity index (χ1n) is 6.10. The molecular weight excluding hydrogens is 312 g/mol. The number of ether oxygens (including phenoxy) is 1. The third kappa shape index (κ3) is 2.42. The van der Waals surface area contributed by atoms with Gasteiger partial charge in [0.15, 0.2) is 11.5 Å². The van der Waals surface area contributed by atoms with E-state index in [1.165, 1.54) is 0 Å². The molecule has 0 amide bonds. The fraction of sp³-hybridized carbons (Fsp3) is 0.636. The quantitative estimate of drug-likeness (QED) is 0.764. The SMILES string of the molecule is CC1(C)CN(c2cncc3nnnn23)CC(CBr)O1. The lowest BCUT2D eigenvalue weighted by Crippen LogP contribution is -2.54. The highest BCUT2D eigenvalue weighted by molar-refractivity contribution is 9.09. The van der Waals surface area contributed by atoms with Crippen molar-refractivity contribution in [3.8, 4) is 0 Å². The number of morpholine rings is 1. The number of aromatic nitrogens is 5. The molecule has 2 aromatic heterocycles. The Balaban J connectivity index is 1.98. The van der Waals surface area contributed by atoms with E-state index in [0.717, 1.165) is 24.2 Å². The van der Waals surface area contributed by atoms with Gasteiger partial charge in [-0.25, -0.2) is 0 Å². The summed E-state index contributed by atoms with van der Waals surface area (Å²) in [5.41, 5.74) is 0.435. The summed E-state index contributed by atoms with van der Waals surface area (Å²) in [5.74, 6) is 0.893. The van der Waals surface area contributed by atoms with Crippen LogP contribution in [0.1, 0.15) is 13.8 Å². The number of tetrazole rings is 1. The number of anilines is 1. The first kappa shape index (κ1) is 12.7. The van der Waals surface area contributed by atoms with E-state index in [1.807, 2.05) is 0 Å². The molecule has 8 heteroatoms. The monoisotopic (exact) mass is 326 g/mol. The Labute approximate surface area is 119 Å². The zero-order valence-electron chi connectivity index (χ0n) is 10.8. The molecule has 1 aliphatic heterocycles. The lowest BCUT2D eigenvalue weighted by Gasteiger charge is -2.43. The third-order valence-corrected chi connectivity index (χ3v) is 3.79. The van der Waals surface area contributed by atoms with Gasteiger partial charge in [-0.15, -0.1) is 5.10 Å². The Morgan fingerprint density at radius 1 is 1.47 bits per heavy atom. The van der Waals surface area contributed by atoms with Crippen LogP contribution in [0, 0.1) is 0 Å². The van der Waals surface area contributed by atoms with Crippen LogP contribution in [0.5, 0.6) is 0 Å². The number of hydrogen-bond acceptors (Lipinski definition) is 6. The van der Waals surface area contributed by atoms with Crippen LogP contribution < -0.4 is 4.90 Å². The van der Waals surface area contributed by atoms with E-state index in [2.05, 4.69) is 55.2 Å². The highest BCUT2D eigenvalue weighted by atomic mass is 79.9. The second-order valence-electron chi connectivity index (χ2n) is 5.25. The number of alkyl halides is 1. The lowest BCUT2D eigenvalue weighted by atomic mass is 10.1. The summed E-state index contributed by atoms with van der Waals surface area (Å²) >= 11 is 3.49. The van der Waals surface area contributed by atoms with Gasteiger partial charge in [-0.3, -0.25) is 4.98 Å². The third-order valence-electron chi connectivity index (χ3n) is 3.07. The predicted molar refractivity (Wildman–Crippen MR) is 73.5 cm³/mol. The molecule has 1 aliphatic rings. The van der Waals surface area contributed by atoms with E-state index in [-0.39, 0.29) is 11.7 Å². The topological polar surface area (TPSA) is 68.4 Å². The van der Waals surface area contributed by atoms with Crippen molar-refractivity contribution in [1.29, 1.82) is 0 Å². The average Bonchev–Trinajstić information content (AvgIpc) is 2.84. The molecule has 1 saturated heterocycles. The van der Waals surface area contributed by atoms with Crippen LogP contribution in [-0.2, 0) is 4.74 Å². The van der Waals surface area contributed by atoms with E-state index in [0.29, 0.717) is 5.65 Å². The zero-order chi connectivity index (χ0) is 13.5. The van der Waals surface area contributed by atoms with Crippen molar-refractivity contribution in [2.45, 2.75) is 25.6 Å². The molecule has 1 fully saturated rings. The van der Waals surface area contributed by atoms with Crippen LogP contribution in [0.4, 0.5) is 5.82 Å². The highest BCUT2D eigenvalue weighted by Gasteiger charge is 2.34. The number of hydrogen-bond donors (Lipinski definition) is 0.